The summed E-state index contributed by atoms with van der Waals surface area (Å²) in [5.74, 6) is 1.89. The number of para-hydroxylation sites is 2. The van der Waals surface area contributed by atoms with Gasteiger partial charge in [-0.1, -0.05) is 23.7 Å². The minimum atomic E-state index is 0.329. The Hall–Kier alpha value is -2.66. The Labute approximate surface area is 138 Å². The highest BCUT2D eigenvalue weighted by Gasteiger charge is 2.08. The molecule has 0 aliphatic rings. The van der Waals surface area contributed by atoms with Crippen molar-refractivity contribution in [3.63, 3.8) is 0 Å². The van der Waals surface area contributed by atoms with Crippen LogP contribution in [0.2, 0.25) is 5.15 Å². The number of hydrogen-bond acceptors (Lipinski definition) is 5. The van der Waals surface area contributed by atoms with Gasteiger partial charge in [-0.05, 0) is 25.1 Å². The third kappa shape index (κ3) is 3.76. The van der Waals surface area contributed by atoms with E-state index in [-0.39, 0.29) is 0 Å². The van der Waals surface area contributed by atoms with Gasteiger partial charge < -0.3 is 9.47 Å². The Bertz CT molecular complexity index is 811. The first-order valence-electron chi connectivity index (χ1n) is 7.09. The first-order valence-corrected chi connectivity index (χ1v) is 7.46. The fourth-order valence-corrected chi connectivity index (χ4v) is 2.18. The second-order valence-electron chi connectivity index (χ2n) is 4.62. The predicted molar refractivity (Wildman–Crippen MR) is 88.0 cm³/mol. The molecule has 0 spiro atoms. The third-order valence-corrected chi connectivity index (χ3v) is 3.17. The number of nitrogens with zero attached hydrogens (tertiary/aromatic N) is 3. The second kappa shape index (κ2) is 7.07. The van der Waals surface area contributed by atoms with Gasteiger partial charge in [-0.3, -0.25) is 9.97 Å². The number of benzene rings is 1. The lowest BCUT2D eigenvalue weighted by Gasteiger charge is -2.11. The van der Waals surface area contributed by atoms with E-state index in [4.69, 9.17) is 21.1 Å². The van der Waals surface area contributed by atoms with Crippen LogP contribution < -0.4 is 9.47 Å². The van der Waals surface area contributed by atoms with Crippen molar-refractivity contribution in [1.82, 2.24) is 15.0 Å². The van der Waals surface area contributed by atoms with Gasteiger partial charge in [0.2, 0.25) is 0 Å². The van der Waals surface area contributed by atoms with Crippen LogP contribution in [0.15, 0.2) is 55.1 Å². The number of pyridine rings is 1. The molecule has 0 saturated heterocycles. The molecule has 2 heterocycles. The summed E-state index contributed by atoms with van der Waals surface area (Å²) in [6.45, 7) is 2.49. The number of rotatable bonds is 5. The second-order valence-corrected chi connectivity index (χ2v) is 5.01. The lowest BCUT2D eigenvalue weighted by atomic mass is 10.2. The fraction of sp³-hybridized carbons (Fsp3) is 0.118. The molecule has 5 nitrogen and oxygen atoms in total. The zero-order valence-electron chi connectivity index (χ0n) is 12.4. The van der Waals surface area contributed by atoms with Gasteiger partial charge in [0.1, 0.15) is 10.9 Å². The van der Waals surface area contributed by atoms with Gasteiger partial charge in [-0.15, -0.1) is 0 Å². The molecular weight excluding hydrogens is 314 g/mol. The van der Waals surface area contributed by atoms with Crippen LogP contribution in [0.3, 0.4) is 0 Å². The van der Waals surface area contributed by atoms with E-state index in [0.717, 1.165) is 5.56 Å². The maximum Gasteiger partial charge on any atom is 0.169 e. The SMILES string of the molecule is CCOc1ccccc1Oc1cncc(-c2cncc(Cl)n2)c1. The molecule has 2 aromatic heterocycles. The highest BCUT2D eigenvalue weighted by atomic mass is 35.5. The molecule has 23 heavy (non-hydrogen) atoms. The van der Waals surface area contributed by atoms with Crippen molar-refractivity contribution >= 4 is 11.6 Å². The van der Waals surface area contributed by atoms with Crippen LogP contribution in [-0.2, 0) is 0 Å². The fourth-order valence-electron chi connectivity index (χ4n) is 2.03. The van der Waals surface area contributed by atoms with E-state index in [9.17, 15) is 0 Å². The van der Waals surface area contributed by atoms with Crippen molar-refractivity contribution in [1.29, 1.82) is 0 Å². The molecule has 0 saturated carbocycles. The molecule has 0 amide bonds. The standard InChI is InChI=1S/C17H14ClN3O2/c1-2-22-15-5-3-4-6-16(15)23-13-7-12(8-19-9-13)14-10-20-11-17(18)21-14/h3-11H,2H2,1H3. The average molecular weight is 328 g/mol. The van der Waals surface area contributed by atoms with Gasteiger partial charge in [0, 0.05) is 11.8 Å². The molecule has 0 bridgehead atoms. The highest BCUT2D eigenvalue weighted by Crippen LogP contribution is 2.32. The van der Waals surface area contributed by atoms with Crippen molar-refractivity contribution in [3.8, 4) is 28.5 Å². The number of ether oxygens (including phenoxy) is 2. The molecule has 0 unspecified atom stereocenters. The van der Waals surface area contributed by atoms with E-state index in [2.05, 4.69) is 15.0 Å². The van der Waals surface area contributed by atoms with E-state index in [0.29, 0.717) is 34.7 Å². The minimum absolute atomic E-state index is 0.329. The van der Waals surface area contributed by atoms with Crippen LogP contribution in [0.5, 0.6) is 17.2 Å². The molecule has 0 fully saturated rings. The molecular formula is C17H14ClN3O2. The molecule has 0 atom stereocenters. The topological polar surface area (TPSA) is 57.1 Å². The van der Waals surface area contributed by atoms with Crippen molar-refractivity contribution < 1.29 is 9.47 Å². The minimum Gasteiger partial charge on any atom is -0.490 e. The molecule has 3 aromatic rings. The van der Waals surface area contributed by atoms with Crippen molar-refractivity contribution in [2.24, 2.45) is 0 Å². The summed E-state index contributed by atoms with van der Waals surface area (Å²) in [5, 5.41) is 0.329. The Kier molecular flexibility index (Phi) is 4.68. The van der Waals surface area contributed by atoms with Gasteiger partial charge in [-0.25, -0.2) is 4.98 Å². The normalized spacial score (nSPS) is 10.3. The molecule has 0 N–H and O–H groups in total. The Balaban J connectivity index is 1.89. The van der Waals surface area contributed by atoms with E-state index in [1.54, 1.807) is 18.6 Å². The van der Waals surface area contributed by atoms with Crippen LogP contribution >= 0.6 is 11.6 Å². The van der Waals surface area contributed by atoms with Crippen molar-refractivity contribution in [3.05, 3.63) is 60.3 Å². The first-order chi connectivity index (χ1) is 11.3. The summed E-state index contributed by atoms with van der Waals surface area (Å²) < 4.78 is 11.4. The lowest BCUT2D eigenvalue weighted by molar-refractivity contribution is 0.321. The van der Waals surface area contributed by atoms with Crippen LogP contribution in [-0.4, -0.2) is 21.6 Å². The molecule has 0 radical (unpaired) electrons. The van der Waals surface area contributed by atoms with Crippen LogP contribution in [0, 0.1) is 0 Å². The quantitative estimate of drug-likeness (QED) is 0.696. The molecule has 1 aromatic carbocycles. The van der Waals surface area contributed by atoms with E-state index < -0.39 is 0 Å². The van der Waals surface area contributed by atoms with Gasteiger partial charge in [0.25, 0.3) is 0 Å². The summed E-state index contributed by atoms with van der Waals surface area (Å²) in [5.41, 5.74) is 1.40. The smallest absolute Gasteiger partial charge is 0.169 e. The highest BCUT2D eigenvalue weighted by molar-refractivity contribution is 6.29. The Morgan fingerprint density at radius 1 is 1.00 bits per heavy atom. The molecule has 3 rings (SSSR count). The maximum absolute atomic E-state index is 5.89. The summed E-state index contributed by atoms with van der Waals surface area (Å²) in [6, 6.07) is 9.32. The van der Waals surface area contributed by atoms with E-state index in [1.807, 2.05) is 37.3 Å². The number of halogens is 1. The zero-order chi connectivity index (χ0) is 16.1. The summed E-state index contributed by atoms with van der Waals surface area (Å²) >= 11 is 5.88. The number of aromatic nitrogens is 3. The molecule has 6 heteroatoms. The molecule has 0 aliphatic heterocycles. The van der Waals surface area contributed by atoms with Gasteiger partial charge in [0.05, 0.1) is 30.9 Å². The Morgan fingerprint density at radius 3 is 2.57 bits per heavy atom. The molecule has 116 valence electrons. The predicted octanol–water partition coefficient (Wildman–Crippen LogP) is 4.38. The lowest BCUT2D eigenvalue weighted by Crippen LogP contribution is -1.95. The van der Waals surface area contributed by atoms with Crippen LogP contribution in [0.1, 0.15) is 6.92 Å². The summed E-state index contributed by atoms with van der Waals surface area (Å²) in [4.78, 5) is 12.4. The van der Waals surface area contributed by atoms with Crippen molar-refractivity contribution in [2.75, 3.05) is 6.61 Å². The Morgan fingerprint density at radius 2 is 1.78 bits per heavy atom. The van der Waals surface area contributed by atoms with Gasteiger partial charge in [0.15, 0.2) is 11.5 Å². The van der Waals surface area contributed by atoms with Crippen LogP contribution in [0.25, 0.3) is 11.3 Å². The van der Waals surface area contributed by atoms with Crippen LogP contribution in [0.4, 0.5) is 0 Å². The third-order valence-electron chi connectivity index (χ3n) is 2.99. The molecule has 0 aliphatic carbocycles. The number of hydrogen-bond donors (Lipinski definition) is 0. The summed E-state index contributed by atoms with van der Waals surface area (Å²) in [7, 11) is 0. The average Bonchev–Trinajstić information content (AvgIpc) is 2.57. The first kappa shape index (κ1) is 15.2. The van der Waals surface area contributed by atoms with Gasteiger partial charge in [-0.2, -0.15) is 0 Å². The maximum atomic E-state index is 5.89. The van der Waals surface area contributed by atoms with E-state index >= 15 is 0 Å². The monoisotopic (exact) mass is 327 g/mol. The van der Waals surface area contributed by atoms with E-state index in [1.165, 1.54) is 6.20 Å². The van der Waals surface area contributed by atoms with Crippen molar-refractivity contribution in [2.45, 2.75) is 6.92 Å². The summed E-state index contributed by atoms with van der Waals surface area (Å²) in [6.07, 6.45) is 6.42. The zero-order valence-corrected chi connectivity index (χ0v) is 13.2. The van der Waals surface area contributed by atoms with Gasteiger partial charge >= 0.3 is 0 Å². The largest absolute Gasteiger partial charge is 0.490 e.